The number of furan rings is 1. The SMILES string of the molecule is CCOP(=O)(OCC)[C@@H](C#N)C(=O)c1ccco1. The molecule has 1 atom stereocenters. The summed E-state index contributed by atoms with van der Waals surface area (Å²) in [5, 5.41) is 9.04. The first-order chi connectivity index (χ1) is 8.59. The van der Waals surface area contributed by atoms with Crippen LogP contribution in [-0.2, 0) is 13.6 Å². The topological polar surface area (TPSA) is 89.5 Å². The Balaban J connectivity index is 3.04. The summed E-state index contributed by atoms with van der Waals surface area (Å²) in [6.07, 6.45) is 1.30. The van der Waals surface area contributed by atoms with Crippen molar-refractivity contribution in [2.45, 2.75) is 19.5 Å². The fourth-order valence-electron chi connectivity index (χ4n) is 1.37. The number of ketones is 1. The first-order valence-electron chi connectivity index (χ1n) is 5.45. The van der Waals surface area contributed by atoms with Crippen molar-refractivity contribution in [3.63, 3.8) is 0 Å². The molecule has 0 aliphatic carbocycles. The fraction of sp³-hybridized carbons (Fsp3) is 0.455. The third kappa shape index (κ3) is 3.08. The molecule has 0 bridgehead atoms. The normalized spacial score (nSPS) is 12.9. The molecule has 0 unspecified atom stereocenters. The van der Waals surface area contributed by atoms with Gasteiger partial charge in [0.15, 0.2) is 5.76 Å². The van der Waals surface area contributed by atoms with Gasteiger partial charge in [-0.15, -0.1) is 0 Å². The molecule has 0 N–H and O–H groups in total. The Labute approximate surface area is 105 Å². The Morgan fingerprint density at radius 1 is 1.50 bits per heavy atom. The van der Waals surface area contributed by atoms with Crippen molar-refractivity contribution < 1.29 is 22.8 Å². The number of nitrogens with zero attached hydrogens (tertiary/aromatic N) is 1. The lowest BCUT2D eigenvalue weighted by Crippen LogP contribution is -2.22. The molecule has 1 heterocycles. The van der Waals surface area contributed by atoms with E-state index in [0.29, 0.717) is 0 Å². The van der Waals surface area contributed by atoms with Gasteiger partial charge in [0.1, 0.15) is 0 Å². The molecule has 1 aromatic rings. The van der Waals surface area contributed by atoms with Gasteiger partial charge in [-0.3, -0.25) is 9.36 Å². The molecule has 1 rings (SSSR count). The number of rotatable bonds is 7. The van der Waals surface area contributed by atoms with Gasteiger partial charge in [-0.2, -0.15) is 5.26 Å². The quantitative estimate of drug-likeness (QED) is 0.559. The zero-order chi connectivity index (χ0) is 13.6. The predicted octanol–water partition coefficient (Wildman–Crippen LogP) is 2.62. The minimum Gasteiger partial charge on any atom is -0.461 e. The van der Waals surface area contributed by atoms with Crippen LogP contribution in [0.4, 0.5) is 0 Å². The third-order valence-electron chi connectivity index (χ3n) is 2.07. The molecule has 0 amide bonds. The molecular weight excluding hydrogens is 257 g/mol. The molecule has 0 radical (unpaired) electrons. The van der Waals surface area contributed by atoms with Gasteiger partial charge in [0.2, 0.25) is 11.4 Å². The van der Waals surface area contributed by atoms with E-state index in [4.69, 9.17) is 18.7 Å². The van der Waals surface area contributed by atoms with E-state index in [0.717, 1.165) is 0 Å². The molecule has 0 aliphatic rings. The highest BCUT2D eigenvalue weighted by molar-refractivity contribution is 7.56. The molecule has 0 saturated carbocycles. The van der Waals surface area contributed by atoms with E-state index in [1.807, 2.05) is 0 Å². The van der Waals surface area contributed by atoms with Gasteiger partial charge in [0, 0.05) is 0 Å². The first kappa shape index (κ1) is 14.7. The lowest BCUT2D eigenvalue weighted by molar-refractivity contribution is 0.0958. The van der Waals surface area contributed by atoms with Crippen LogP contribution in [0, 0.1) is 11.3 Å². The van der Waals surface area contributed by atoms with Crippen LogP contribution in [0.25, 0.3) is 0 Å². The van der Waals surface area contributed by atoms with Crippen LogP contribution < -0.4 is 0 Å². The zero-order valence-corrected chi connectivity index (χ0v) is 11.1. The van der Waals surface area contributed by atoms with Crippen molar-refractivity contribution in [2.75, 3.05) is 13.2 Å². The summed E-state index contributed by atoms with van der Waals surface area (Å²) in [6, 6.07) is 4.58. The van der Waals surface area contributed by atoms with Gasteiger partial charge in [0.25, 0.3) is 0 Å². The van der Waals surface area contributed by atoms with Gasteiger partial charge < -0.3 is 13.5 Å². The maximum absolute atomic E-state index is 12.4. The van der Waals surface area contributed by atoms with Gasteiger partial charge in [-0.05, 0) is 26.0 Å². The summed E-state index contributed by atoms with van der Waals surface area (Å²) in [6.45, 7) is 3.39. The Morgan fingerprint density at radius 2 is 2.11 bits per heavy atom. The van der Waals surface area contributed by atoms with E-state index in [1.165, 1.54) is 18.4 Å². The molecule has 0 saturated heterocycles. The predicted molar refractivity (Wildman–Crippen MR) is 63.3 cm³/mol. The number of nitriles is 1. The molecular formula is C11H14NO5P. The van der Waals surface area contributed by atoms with E-state index >= 15 is 0 Å². The molecule has 6 nitrogen and oxygen atoms in total. The highest BCUT2D eigenvalue weighted by atomic mass is 31.2. The smallest absolute Gasteiger partial charge is 0.355 e. The van der Waals surface area contributed by atoms with Crippen molar-refractivity contribution in [2.24, 2.45) is 0 Å². The number of carbonyl (C=O) groups excluding carboxylic acids is 1. The highest BCUT2D eigenvalue weighted by Gasteiger charge is 2.42. The molecule has 0 aromatic carbocycles. The average molecular weight is 271 g/mol. The molecule has 98 valence electrons. The average Bonchev–Trinajstić information content (AvgIpc) is 2.83. The lowest BCUT2D eigenvalue weighted by Gasteiger charge is -2.19. The van der Waals surface area contributed by atoms with E-state index in [9.17, 15) is 9.36 Å². The van der Waals surface area contributed by atoms with Gasteiger partial charge >= 0.3 is 7.60 Å². The maximum atomic E-state index is 12.4. The number of Topliss-reactive ketones (excluding diaryl/α,β-unsaturated/α-hetero) is 1. The lowest BCUT2D eigenvalue weighted by atomic mass is 10.2. The Bertz CT molecular complexity index is 466. The van der Waals surface area contributed by atoms with E-state index in [2.05, 4.69) is 0 Å². The van der Waals surface area contributed by atoms with Crippen LogP contribution in [0.5, 0.6) is 0 Å². The summed E-state index contributed by atoms with van der Waals surface area (Å²) in [7, 11) is -3.80. The number of carbonyl (C=O) groups is 1. The van der Waals surface area contributed by atoms with Crippen LogP contribution in [0.1, 0.15) is 24.4 Å². The first-order valence-corrected chi connectivity index (χ1v) is 7.06. The monoisotopic (exact) mass is 271 g/mol. The van der Waals surface area contributed by atoms with Gasteiger partial charge in [-0.25, -0.2) is 0 Å². The largest absolute Gasteiger partial charge is 0.461 e. The molecule has 7 heteroatoms. The summed E-state index contributed by atoms with van der Waals surface area (Å²) in [5.41, 5.74) is -1.51. The Morgan fingerprint density at radius 3 is 2.50 bits per heavy atom. The van der Waals surface area contributed by atoms with E-state index in [1.54, 1.807) is 19.9 Å². The number of hydrogen-bond acceptors (Lipinski definition) is 6. The van der Waals surface area contributed by atoms with Crippen LogP contribution in [0.2, 0.25) is 0 Å². The second-order valence-corrected chi connectivity index (χ2v) is 5.36. The molecule has 0 spiro atoms. The molecule has 18 heavy (non-hydrogen) atoms. The minimum absolute atomic E-state index is 0.0406. The van der Waals surface area contributed by atoms with Crippen molar-refractivity contribution in [3.05, 3.63) is 24.2 Å². The van der Waals surface area contributed by atoms with Crippen LogP contribution >= 0.6 is 7.60 Å². The minimum atomic E-state index is -3.80. The summed E-state index contributed by atoms with van der Waals surface area (Å²) in [4.78, 5) is 12.0. The van der Waals surface area contributed by atoms with Crippen molar-refractivity contribution >= 4 is 13.4 Å². The molecule has 1 aromatic heterocycles. The summed E-state index contributed by atoms with van der Waals surface area (Å²) in [5.74, 6) is -0.742. The van der Waals surface area contributed by atoms with Gasteiger partial charge in [-0.1, -0.05) is 0 Å². The summed E-state index contributed by atoms with van der Waals surface area (Å²) >= 11 is 0. The second-order valence-electron chi connectivity index (χ2n) is 3.25. The van der Waals surface area contributed by atoms with Crippen molar-refractivity contribution in [1.82, 2.24) is 0 Å². The Hall–Kier alpha value is -1.41. The maximum Gasteiger partial charge on any atom is 0.355 e. The van der Waals surface area contributed by atoms with Crippen LogP contribution in [0.15, 0.2) is 22.8 Å². The standard InChI is InChI=1S/C11H14NO5P/c1-3-16-18(14,17-4-2)10(8-12)11(13)9-6-5-7-15-9/h5-7,10H,3-4H2,1-2H3/t10-/m0/s1. The zero-order valence-electron chi connectivity index (χ0n) is 10.2. The number of hydrogen-bond donors (Lipinski definition) is 0. The van der Waals surface area contributed by atoms with Crippen molar-refractivity contribution in [1.29, 1.82) is 5.26 Å². The molecule has 0 aliphatic heterocycles. The van der Waals surface area contributed by atoms with Gasteiger partial charge in [0.05, 0.1) is 25.5 Å². The van der Waals surface area contributed by atoms with E-state index < -0.39 is 19.0 Å². The fourth-order valence-corrected chi connectivity index (χ4v) is 3.02. The Kier molecular flexibility index (Phi) is 5.29. The highest BCUT2D eigenvalue weighted by Crippen LogP contribution is 2.53. The van der Waals surface area contributed by atoms with Crippen molar-refractivity contribution in [3.8, 4) is 6.07 Å². The van der Waals surface area contributed by atoms with Crippen LogP contribution in [-0.4, -0.2) is 24.7 Å². The summed E-state index contributed by atoms with van der Waals surface area (Å²) < 4.78 is 27.2. The molecule has 0 fully saturated rings. The van der Waals surface area contributed by atoms with Crippen LogP contribution in [0.3, 0.4) is 0 Å². The third-order valence-corrected chi connectivity index (χ3v) is 4.29. The van der Waals surface area contributed by atoms with E-state index in [-0.39, 0.29) is 19.0 Å². The second kappa shape index (κ2) is 6.50.